The number of esters is 1. The van der Waals surface area contributed by atoms with Gasteiger partial charge in [0.05, 0.1) is 30.1 Å². The van der Waals surface area contributed by atoms with Crippen molar-refractivity contribution in [3.63, 3.8) is 0 Å². The molecule has 3 heterocycles. The van der Waals surface area contributed by atoms with Crippen LogP contribution in [0.25, 0.3) is 0 Å². The summed E-state index contributed by atoms with van der Waals surface area (Å²) < 4.78 is 24.4. The molecule has 0 aromatic carbocycles. The summed E-state index contributed by atoms with van der Waals surface area (Å²) in [4.78, 5) is 49.5. The van der Waals surface area contributed by atoms with Crippen LogP contribution in [0.2, 0.25) is 0 Å². The van der Waals surface area contributed by atoms with E-state index in [4.69, 9.17) is 23.8 Å². The number of fused-ring (bicyclic) bond motifs is 3. The molecule has 0 aromatic rings. The van der Waals surface area contributed by atoms with Gasteiger partial charge in [-0.25, -0.2) is 4.79 Å². The number of allylic oxidation sites excluding steroid dienone is 3. The number of aliphatic hydroxyl groups excluding tert-OH is 2. The van der Waals surface area contributed by atoms with Gasteiger partial charge in [0.1, 0.15) is 24.3 Å². The van der Waals surface area contributed by atoms with Crippen molar-refractivity contribution in [2.75, 3.05) is 27.4 Å². The Hall–Kier alpha value is -3.19. The summed E-state index contributed by atoms with van der Waals surface area (Å²) in [6.45, 7) is 11.3. The molecule has 1 saturated carbocycles. The fourth-order valence-electron chi connectivity index (χ4n) is 9.38. The lowest BCUT2D eigenvalue weighted by molar-refractivity contribution is -0.302. The molecule has 14 nitrogen and oxygen atoms in total. The van der Waals surface area contributed by atoms with Gasteiger partial charge in [-0.1, -0.05) is 50.6 Å². The number of amides is 1. The highest BCUT2D eigenvalue weighted by atomic mass is 16.7. The van der Waals surface area contributed by atoms with Crippen LogP contribution in [0.5, 0.6) is 0 Å². The van der Waals surface area contributed by atoms with E-state index >= 15 is 0 Å². The largest absolute Gasteiger partial charge is 0.456 e. The van der Waals surface area contributed by atoms with Crippen molar-refractivity contribution in [1.82, 2.24) is 4.90 Å². The second-order valence-corrected chi connectivity index (χ2v) is 17.4. The molecule has 11 atom stereocenters. The highest BCUT2D eigenvalue weighted by molar-refractivity contribution is 6.39. The predicted molar refractivity (Wildman–Crippen MR) is 216 cm³/mol. The number of nitrogens with zero attached hydrogens (tertiary/aromatic N) is 3. The Balaban J connectivity index is 1.81. The van der Waals surface area contributed by atoms with Crippen LogP contribution < -0.4 is 0 Å². The lowest BCUT2D eigenvalue weighted by Crippen LogP contribution is -2.64. The van der Waals surface area contributed by atoms with E-state index in [1.54, 1.807) is 21.0 Å². The van der Waals surface area contributed by atoms with Crippen LogP contribution in [-0.2, 0) is 38.2 Å². The van der Waals surface area contributed by atoms with Crippen molar-refractivity contribution in [3.05, 3.63) is 23.3 Å². The molecule has 0 spiro atoms. The lowest BCUT2D eigenvalue weighted by atomic mass is 9.82. The Labute approximate surface area is 344 Å². The van der Waals surface area contributed by atoms with Gasteiger partial charge in [0.25, 0.3) is 11.7 Å². The first-order chi connectivity index (χ1) is 27.6. The maximum absolute atomic E-state index is 14.4. The third-order valence-electron chi connectivity index (χ3n) is 12.9. The molecule has 0 radical (unpaired) electrons. The van der Waals surface area contributed by atoms with Gasteiger partial charge < -0.3 is 44.0 Å². The number of Topliss-reactive ketones (excluding diaryl/α,β-unsaturated/α-hetero) is 1. The molecule has 3 fully saturated rings. The summed E-state index contributed by atoms with van der Waals surface area (Å²) >= 11 is 0. The number of piperidine rings is 1. The van der Waals surface area contributed by atoms with E-state index in [9.17, 15) is 35.0 Å². The molecular formula is C44H69N3O11. The summed E-state index contributed by atoms with van der Waals surface area (Å²) in [5.41, 5.74) is 2.33. The second-order valence-electron chi connectivity index (χ2n) is 17.4. The minimum atomic E-state index is -2.50. The topological polar surface area (TPSA) is 197 Å². The van der Waals surface area contributed by atoms with Gasteiger partial charge in [0.15, 0.2) is 0 Å². The molecule has 3 N–H and O–H groups in total. The minimum absolute atomic E-state index is 0.0414. The maximum atomic E-state index is 14.4. The zero-order valence-electron chi connectivity index (χ0n) is 35.9. The van der Waals surface area contributed by atoms with E-state index in [1.165, 1.54) is 12.0 Å². The number of aliphatic hydroxyl groups is 3. The van der Waals surface area contributed by atoms with Crippen molar-refractivity contribution >= 4 is 23.4 Å². The number of ether oxygens (including phenoxy) is 4. The summed E-state index contributed by atoms with van der Waals surface area (Å²) in [6, 6.07) is 0.831. The number of oxime groups is 1. The van der Waals surface area contributed by atoms with Crippen LogP contribution in [0, 0.1) is 40.9 Å². The SMILES string of the molecule is CCC1C=C(C)CC(C)CC(OC)C2OC(O)(C(=O)C(=O)N3CCCCC3C(=O)OC(C(C)=CC3CCC(O)CC3)C(C)C(O)CC1=NOCC#N)C(C)CC2OC. The second kappa shape index (κ2) is 21.9. The normalized spacial score (nSPS) is 38.8. The Bertz CT molecular complexity index is 1530. The summed E-state index contributed by atoms with van der Waals surface area (Å²) in [6.07, 6.45) is 6.09. The van der Waals surface area contributed by atoms with Gasteiger partial charge in [0.2, 0.25) is 12.4 Å². The van der Waals surface area contributed by atoms with E-state index in [0.717, 1.165) is 24.0 Å². The molecule has 0 aromatic heterocycles. The molecule has 4 aliphatic rings. The number of ketones is 1. The van der Waals surface area contributed by atoms with Gasteiger partial charge in [0, 0.05) is 44.9 Å². The fraction of sp³-hybridized carbons (Fsp3) is 0.795. The van der Waals surface area contributed by atoms with Crippen LogP contribution in [0.4, 0.5) is 0 Å². The molecule has 1 aliphatic carbocycles. The molecule has 58 heavy (non-hydrogen) atoms. The molecule has 326 valence electrons. The third kappa shape index (κ3) is 11.8. The van der Waals surface area contributed by atoms with Gasteiger partial charge in [-0.05, 0) is 102 Å². The number of hydrogen-bond donors (Lipinski definition) is 3. The van der Waals surface area contributed by atoms with Crippen molar-refractivity contribution < 1.29 is 53.5 Å². The average molecular weight is 816 g/mol. The molecule has 1 amide bonds. The van der Waals surface area contributed by atoms with Crippen molar-refractivity contribution in [2.24, 2.45) is 34.7 Å². The van der Waals surface area contributed by atoms with E-state index in [0.29, 0.717) is 50.7 Å². The molecule has 14 heteroatoms. The maximum Gasteiger partial charge on any atom is 0.329 e. The number of methoxy groups -OCH3 is 2. The highest BCUT2D eigenvalue weighted by Crippen LogP contribution is 2.39. The first kappa shape index (κ1) is 47.5. The molecule has 4 rings (SSSR count). The Morgan fingerprint density at radius 1 is 1.03 bits per heavy atom. The number of cyclic esters (lactones) is 1. The highest BCUT2D eigenvalue weighted by Gasteiger charge is 2.56. The van der Waals surface area contributed by atoms with Crippen molar-refractivity contribution in [3.8, 4) is 6.07 Å². The zero-order chi connectivity index (χ0) is 42.7. The lowest BCUT2D eigenvalue weighted by Gasteiger charge is -2.47. The van der Waals surface area contributed by atoms with Crippen LogP contribution in [0.1, 0.15) is 119 Å². The molecule has 2 bridgehead atoms. The summed E-state index contributed by atoms with van der Waals surface area (Å²) in [5.74, 6) is -6.93. The van der Waals surface area contributed by atoms with Crippen molar-refractivity contribution in [2.45, 2.75) is 167 Å². The number of nitriles is 1. The molecule has 3 aliphatic heterocycles. The quantitative estimate of drug-likeness (QED) is 0.100. The predicted octanol–water partition coefficient (Wildman–Crippen LogP) is 5.18. The Morgan fingerprint density at radius 2 is 1.71 bits per heavy atom. The molecule has 2 saturated heterocycles. The van der Waals surface area contributed by atoms with E-state index in [2.05, 4.69) is 24.2 Å². The minimum Gasteiger partial charge on any atom is -0.456 e. The van der Waals surface area contributed by atoms with Gasteiger partial charge in [-0.3, -0.25) is 9.59 Å². The zero-order valence-corrected chi connectivity index (χ0v) is 35.9. The van der Waals surface area contributed by atoms with Crippen molar-refractivity contribution in [1.29, 1.82) is 5.26 Å². The smallest absolute Gasteiger partial charge is 0.329 e. The standard InChI is InChI=1S/C44H69N3O11/c1-9-32-21-26(2)20-27(3)22-37(54-7)40-38(55-8)24-29(5)44(53,58-40)41(50)42(51)47-18-11-10-12-35(47)43(52)57-39(28(4)23-31-13-15-33(48)16-14-31)30(6)36(49)25-34(32)46-56-19-17-45/h21,23,27,29-33,35-40,48-49,53H,9-16,18-20,22,24-25H2,1-8H3. The Kier molecular flexibility index (Phi) is 17.9. The number of rotatable bonds is 7. The van der Waals surface area contributed by atoms with Gasteiger partial charge in [-0.2, -0.15) is 5.26 Å². The molecule has 11 unspecified atom stereocenters. The Morgan fingerprint density at radius 3 is 2.34 bits per heavy atom. The summed E-state index contributed by atoms with van der Waals surface area (Å²) in [5, 5.41) is 47.8. The van der Waals surface area contributed by atoms with E-state index in [-0.39, 0.29) is 56.3 Å². The monoisotopic (exact) mass is 815 g/mol. The third-order valence-corrected chi connectivity index (χ3v) is 12.9. The van der Waals surface area contributed by atoms with Crippen LogP contribution in [0.3, 0.4) is 0 Å². The fourth-order valence-corrected chi connectivity index (χ4v) is 9.38. The summed E-state index contributed by atoms with van der Waals surface area (Å²) in [7, 11) is 3.08. The van der Waals surface area contributed by atoms with Gasteiger partial charge in [-0.15, -0.1) is 0 Å². The number of carbonyl (C=O) groups is 3. The number of carbonyl (C=O) groups excluding carboxylic acids is 3. The first-order valence-electron chi connectivity index (χ1n) is 21.4. The number of hydrogen-bond acceptors (Lipinski definition) is 13. The van der Waals surface area contributed by atoms with E-state index in [1.807, 2.05) is 26.8 Å². The average Bonchev–Trinajstić information content (AvgIpc) is 3.21. The van der Waals surface area contributed by atoms with E-state index < -0.39 is 71.8 Å². The van der Waals surface area contributed by atoms with Crippen LogP contribution in [-0.4, -0.2) is 119 Å². The van der Waals surface area contributed by atoms with Gasteiger partial charge >= 0.3 is 5.97 Å². The van der Waals surface area contributed by atoms with Crippen LogP contribution in [0.15, 0.2) is 28.5 Å². The first-order valence-corrected chi connectivity index (χ1v) is 21.4. The molecular weight excluding hydrogens is 746 g/mol. The van der Waals surface area contributed by atoms with Crippen LogP contribution >= 0.6 is 0 Å².